The molecule has 0 saturated heterocycles. The van der Waals surface area contributed by atoms with Crippen LogP contribution in [0, 0.1) is 0 Å². The largest absolute Gasteiger partial charge is 0.508 e. The molecule has 0 spiro atoms. The van der Waals surface area contributed by atoms with Gasteiger partial charge in [-0.3, -0.25) is 4.57 Å². The number of phenolic OH excluding ortho intramolecular Hbond substituents is 1. The average molecular weight is 184 g/mol. The molecule has 1 heterocycles. The van der Waals surface area contributed by atoms with Crippen LogP contribution in [-0.2, 0) is 0 Å². The summed E-state index contributed by atoms with van der Waals surface area (Å²) in [6.07, 6.45) is 1.05. The summed E-state index contributed by atoms with van der Waals surface area (Å²) in [6, 6.07) is 4.10. The quantitative estimate of drug-likeness (QED) is 0.737. The minimum atomic E-state index is -2.60. The van der Waals surface area contributed by atoms with Gasteiger partial charge in [0.25, 0.3) is 0 Å². The number of benzene rings is 1. The summed E-state index contributed by atoms with van der Waals surface area (Å²) in [6.45, 7) is -2.60. The summed E-state index contributed by atoms with van der Waals surface area (Å²) in [5.41, 5.74) is 0.674. The van der Waals surface area contributed by atoms with E-state index in [0.29, 0.717) is 11.0 Å². The number of halogens is 2. The second-order valence-electron chi connectivity index (χ2n) is 2.60. The number of hydrogen-bond donors (Lipinski definition) is 1. The van der Waals surface area contributed by atoms with Crippen LogP contribution in [0.3, 0.4) is 0 Å². The number of alkyl halides is 2. The fourth-order valence-corrected chi connectivity index (χ4v) is 1.18. The fourth-order valence-electron chi connectivity index (χ4n) is 1.18. The minimum Gasteiger partial charge on any atom is -0.508 e. The summed E-state index contributed by atoms with van der Waals surface area (Å²) in [5.74, 6) is 0.0204. The molecule has 0 aliphatic rings. The van der Waals surface area contributed by atoms with Gasteiger partial charge in [0, 0.05) is 6.07 Å². The van der Waals surface area contributed by atoms with Crippen molar-refractivity contribution >= 4 is 11.0 Å². The Bertz CT molecular complexity index is 439. The highest BCUT2D eigenvalue weighted by atomic mass is 19.3. The van der Waals surface area contributed by atoms with Crippen molar-refractivity contribution in [3.63, 3.8) is 0 Å². The molecule has 1 aromatic heterocycles. The average Bonchev–Trinajstić information content (AvgIpc) is 2.46. The normalized spacial score (nSPS) is 11.3. The van der Waals surface area contributed by atoms with E-state index < -0.39 is 6.55 Å². The number of rotatable bonds is 1. The highest BCUT2D eigenvalue weighted by Crippen LogP contribution is 2.22. The first-order valence-electron chi connectivity index (χ1n) is 3.62. The third-order valence-electron chi connectivity index (χ3n) is 1.77. The van der Waals surface area contributed by atoms with E-state index in [1.165, 1.54) is 18.2 Å². The van der Waals surface area contributed by atoms with Crippen molar-refractivity contribution in [3.8, 4) is 5.75 Å². The van der Waals surface area contributed by atoms with Crippen molar-refractivity contribution < 1.29 is 13.9 Å². The molecule has 13 heavy (non-hydrogen) atoms. The first-order chi connectivity index (χ1) is 6.18. The number of hydrogen-bond acceptors (Lipinski definition) is 2. The van der Waals surface area contributed by atoms with Crippen LogP contribution >= 0.6 is 0 Å². The summed E-state index contributed by atoms with van der Waals surface area (Å²) in [7, 11) is 0. The van der Waals surface area contributed by atoms with E-state index in [-0.39, 0.29) is 5.75 Å². The molecular weight excluding hydrogens is 178 g/mol. The molecule has 0 amide bonds. The molecule has 0 radical (unpaired) electrons. The molecule has 1 aromatic carbocycles. The third kappa shape index (κ3) is 1.22. The molecule has 0 saturated carbocycles. The molecule has 0 unspecified atom stereocenters. The maximum absolute atomic E-state index is 12.3. The Kier molecular flexibility index (Phi) is 1.65. The van der Waals surface area contributed by atoms with Gasteiger partial charge in [-0.1, -0.05) is 0 Å². The van der Waals surface area contributed by atoms with Crippen molar-refractivity contribution in [1.29, 1.82) is 0 Å². The number of phenols is 1. The van der Waals surface area contributed by atoms with Crippen LogP contribution in [0.15, 0.2) is 24.5 Å². The molecule has 0 fully saturated rings. The zero-order valence-electron chi connectivity index (χ0n) is 6.48. The van der Waals surface area contributed by atoms with Gasteiger partial charge in [-0.05, 0) is 12.1 Å². The summed E-state index contributed by atoms with van der Waals surface area (Å²) >= 11 is 0. The molecule has 5 heteroatoms. The Morgan fingerprint density at radius 2 is 2.15 bits per heavy atom. The van der Waals surface area contributed by atoms with E-state index in [4.69, 9.17) is 5.11 Å². The van der Waals surface area contributed by atoms with Gasteiger partial charge in [-0.25, -0.2) is 4.98 Å². The minimum absolute atomic E-state index is 0.0204. The lowest BCUT2D eigenvalue weighted by molar-refractivity contribution is 0.0746. The van der Waals surface area contributed by atoms with Gasteiger partial charge in [0.05, 0.1) is 11.0 Å². The number of nitrogens with zero attached hydrogens (tertiary/aromatic N) is 2. The predicted octanol–water partition coefficient (Wildman–Crippen LogP) is 2.14. The van der Waals surface area contributed by atoms with Crippen molar-refractivity contribution in [1.82, 2.24) is 9.55 Å². The van der Waals surface area contributed by atoms with E-state index in [9.17, 15) is 8.78 Å². The van der Waals surface area contributed by atoms with Crippen LogP contribution in [0.5, 0.6) is 5.75 Å². The van der Waals surface area contributed by atoms with E-state index in [1.54, 1.807) is 0 Å². The molecule has 0 atom stereocenters. The van der Waals surface area contributed by atoms with E-state index in [0.717, 1.165) is 10.9 Å². The Morgan fingerprint density at radius 3 is 2.85 bits per heavy atom. The summed E-state index contributed by atoms with van der Waals surface area (Å²) in [4.78, 5) is 3.72. The third-order valence-corrected chi connectivity index (χ3v) is 1.77. The molecule has 2 rings (SSSR count). The monoisotopic (exact) mass is 184 g/mol. The molecule has 0 aliphatic carbocycles. The van der Waals surface area contributed by atoms with Gasteiger partial charge in [-0.2, -0.15) is 8.78 Å². The summed E-state index contributed by atoms with van der Waals surface area (Å²) < 4.78 is 25.3. The molecule has 1 N–H and O–H groups in total. The van der Waals surface area contributed by atoms with Crippen LogP contribution in [0.1, 0.15) is 6.55 Å². The van der Waals surface area contributed by atoms with Gasteiger partial charge in [0.1, 0.15) is 12.1 Å². The lowest BCUT2D eigenvalue weighted by Crippen LogP contribution is -1.94. The van der Waals surface area contributed by atoms with Gasteiger partial charge in [-0.15, -0.1) is 0 Å². The van der Waals surface area contributed by atoms with Gasteiger partial charge < -0.3 is 5.11 Å². The SMILES string of the molecule is Oc1ccc2c(c1)ncn2C(F)F. The molecular formula is C8H6F2N2O. The second kappa shape index (κ2) is 2.69. The zero-order valence-corrected chi connectivity index (χ0v) is 6.48. The van der Waals surface area contributed by atoms with Crippen LogP contribution in [0.25, 0.3) is 11.0 Å². The molecule has 68 valence electrons. The van der Waals surface area contributed by atoms with E-state index in [1.807, 2.05) is 0 Å². The lowest BCUT2D eigenvalue weighted by Gasteiger charge is -2.00. The van der Waals surface area contributed by atoms with Crippen molar-refractivity contribution in [2.45, 2.75) is 6.55 Å². The number of aromatic hydroxyl groups is 1. The smallest absolute Gasteiger partial charge is 0.320 e. The molecule has 2 aromatic rings. The van der Waals surface area contributed by atoms with Gasteiger partial charge in [0.15, 0.2) is 0 Å². The maximum Gasteiger partial charge on any atom is 0.320 e. The highest BCUT2D eigenvalue weighted by Gasteiger charge is 2.10. The van der Waals surface area contributed by atoms with Crippen LogP contribution in [0.4, 0.5) is 8.78 Å². The Balaban J connectivity index is 2.69. The van der Waals surface area contributed by atoms with Crippen molar-refractivity contribution in [2.75, 3.05) is 0 Å². The molecule has 3 nitrogen and oxygen atoms in total. The first kappa shape index (κ1) is 7.97. The van der Waals surface area contributed by atoms with Gasteiger partial charge in [0.2, 0.25) is 0 Å². The number of fused-ring (bicyclic) bond motifs is 1. The van der Waals surface area contributed by atoms with Gasteiger partial charge >= 0.3 is 6.55 Å². The fraction of sp³-hybridized carbons (Fsp3) is 0.125. The molecule has 0 aliphatic heterocycles. The maximum atomic E-state index is 12.3. The number of aromatic nitrogens is 2. The van der Waals surface area contributed by atoms with E-state index in [2.05, 4.69) is 4.98 Å². The Morgan fingerprint density at radius 1 is 1.38 bits per heavy atom. The first-order valence-corrected chi connectivity index (χ1v) is 3.62. The lowest BCUT2D eigenvalue weighted by atomic mass is 10.3. The van der Waals surface area contributed by atoms with Crippen LogP contribution < -0.4 is 0 Å². The van der Waals surface area contributed by atoms with Crippen LogP contribution in [-0.4, -0.2) is 14.7 Å². The van der Waals surface area contributed by atoms with E-state index >= 15 is 0 Å². The standard InChI is InChI=1S/C8H6F2N2O/c9-8(10)12-4-11-6-3-5(13)1-2-7(6)12/h1-4,8,13H. The highest BCUT2D eigenvalue weighted by molar-refractivity contribution is 5.76. The molecule has 0 bridgehead atoms. The Hall–Kier alpha value is -1.65. The Labute approximate surface area is 72.2 Å². The summed E-state index contributed by atoms with van der Waals surface area (Å²) in [5, 5.41) is 9.04. The van der Waals surface area contributed by atoms with Crippen molar-refractivity contribution in [3.05, 3.63) is 24.5 Å². The predicted molar refractivity (Wildman–Crippen MR) is 42.7 cm³/mol. The second-order valence-corrected chi connectivity index (χ2v) is 2.60. The van der Waals surface area contributed by atoms with Crippen molar-refractivity contribution in [2.24, 2.45) is 0 Å². The number of imidazole rings is 1. The zero-order chi connectivity index (χ0) is 9.42. The topological polar surface area (TPSA) is 38.1 Å². The van der Waals surface area contributed by atoms with Crippen LogP contribution in [0.2, 0.25) is 0 Å².